The number of carboxylic acid groups (broad SMARTS) is 1. The van der Waals surface area contributed by atoms with E-state index >= 15 is 0 Å². The number of carboxylic acids is 1. The van der Waals surface area contributed by atoms with Gasteiger partial charge >= 0.3 is 12.0 Å². The largest absolute Gasteiger partial charge is 0.481 e. The Bertz CT molecular complexity index is 1780. The Balaban J connectivity index is 0.993. The minimum absolute atomic E-state index is 0.0322. The van der Waals surface area contributed by atoms with E-state index in [-0.39, 0.29) is 29.0 Å². The van der Waals surface area contributed by atoms with E-state index in [0.717, 1.165) is 25.3 Å². The lowest BCUT2D eigenvalue weighted by molar-refractivity contribution is -0.221. The summed E-state index contributed by atoms with van der Waals surface area (Å²) in [6, 6.07) is 1.89. The molecule has 58 heavy (non-hydrogen) atoms. The first-order chi connectivity index (χ1) is 27.6. The second-order valence-corrected chi connectivity index (χ2v) is 21.7. The number of rotatable bonds is 12. The van der Waals surface area contributed by atoms with Crippen molar-refractivity contribution in [3.8, 4) is 11.9 Å². The van der Waals surface area contributed by atoms with Crippen molar-refractivity contribution in [3.05, 3.63) is 47.7 Å². The number of allylic oxidation sites excluding steroid dienone is 5. The Morgan fingerprint density at radius 1 is 0.948 bits per heavy atom. The Morgan fingerprint density at radius 3 is 2.45 bits per heavy atom. The number of carbonyl (C=O) groups is 1. The zero-order chi connectivity index (χ0) is 41.1. The summed E-state index contributed by atoms with van der Waals surface area (Å²) in [6.07, 6.45) is 24.7. The van der Waals surface area contributed by atoms with Crippen molar-refractivity contribution in [1.82, 2.24) is 20.2 Å². The molecule has 0 aromatic carbocycles. The number of methoxy groups -OCH3 is 1. The third-order valence-corrected chi connectivity index (χ3v) is 19.0. The molecule has 1 unspecified atom stereocenters. The number of hydrogen-bond donors (Lipinski definition) is 2. The van der Waals surface area contributed by atoms with Crippen LogP contribution < -0.4 is 14.8 Å². The highest BCUT2D eigenvalue weighted by atomic mass is 16.5. The zero-order valence-corrected chi connectivity index (χ0v) is 37.3. The molecule has 2 heterocycles. The SMILES string of the molecule is C=C(C)[C@@H]1CC[C@]2(NCCN3CCCCC3)CC[C@]3(C)[C@H](CC[C@@H]4[C@@]5(C)CC=C(C6=CCC(CCOc7nccc(OC)n7)(C(=O)O)CC6)C(C)(C)[C@@H]5CC[C@]43C)[C@@H]12. The molecule has 8 rings (SSSR count). The van der Waals surface area contributed by atoms with Crippen molar-refractivity contribution in [2.24, 2.45) is 56.7 Å². The summed E-state index contributed by atoms with van der Waals surface area (Å²) in [4.78, 5) is 24.0. The van der Waals surface area contributed by atoms with E-state index < -0.39 is 11.4 Å². The zero-order valence-electron chi connectivity index (χ0n) is 37.3. The molecule has 1 aliphatic heterocycles. The monoisotopic (exact) mass is 797 g/mol. The normalized spacial score (nSPS) is 40.8. The van der Waals surface area contributed by atoms with Crippen LogP contribution in [0.3, 0.4) is 0 Å². The Kier molecular flexibility index (Phi) is 11.3. The molecular formula is C50H76N4O4. The van der Waals surface area contributed by atoms with Crippen molar-refractivity contribution < 1.29 is 19.4 Å². The molecule has 0 spiro atoms. The second-order valence-electron chi connectivity index (χ2n) is 21.7. The van der Waals surface area contributed by atoms with Crippen LogP contribution in [0.5, 0.6) is 11.9 Å². The fraction of sp³-hybridized carbons (Fsp3) is 0.780. The van der Waals surface area contributed by atoms with Crippen molar-refractivity contribution >= 4 is 5.97 Å². The molecule has 6 aliphatic carbocycles. The van der Waals surface area contributed by atoms with Gasteiger partial charge in [-0.2, -0.15) is 4.98 Å². The molecular weight excluding hydrogens is 721 g/mol. The third kappa shape index (κ3) is 6.81. The van der Waals surface area contributed by atoms with Gasteiger partial charge in [-0.25, -0.2) is 4.98 Å². The van der Waals surface area contributed by atoms with Crippen LogP contribution in [0.25, 0.3) is 0 Å². The summed E-state index contributed by atoms with van der Waals surface area (Å²) in [5, 5.41) is 14.9. The maximum Gasteiger partial charge on any atom is 0.319 e. The van der Waals surface area contributed by atoms with E-state index in [1.165, 1.54) is 107 Å². The molecule has 1 saturated heterocycles. The molecule has 0 bridgehead atoms. The standard InChI is InChI=1S/C50H76N4O4/c1-34(2)36-16-24-50(52-29-32-54-30-10-9-11-31-54)26-25-47(6)38(42(36)50)12-13-40-46(5)20-17-37(45(3,4)39(46)18-21-48(40,47)7)35-14-22-49(23-15-35,43(55)56)27-33-58-44-51-28-19-41(53-44)57-8/h14,17,19,28,36,38-40,42,52H,1,9-13,15-16,18,20-27,29-33H2,2-8H3,(H,55,56)/t36-,38+,39-,40+,42+,46-,47+,48+,49?,50-/m0/s1. The number of ether oxygens (including phenoxy) is 2. The van der Waals surface area contributed by atoms with E-state index in [1.54, 1.807) is 19.4 Å². The summed E-state index contributed by atoms with van der Waals surface area (Å²) < 4.78 is 11.0. The summed E-state index contributed by atoms with van der Waals surface area (Å²) >= 11 is 0. The first kappa shape index (κ1) is 42.0. The van der Waals surface area contributed by atoms with Gasteiger partial charge in [0.1, 0.15) is 0 Å². The van der Waals surface area contributed by atoms with Gasteiger partial charge in [0, 0.05) is 30.9 Å². The molecule has 0 radical (unpaired) electrons. The minimum Gasteiger partial charge on any atom is -0.481 e. The predicted octanol–water partition coefficient (Wildman–Crippen LogP) is 10.5. The summed E-state index contributed by atoms with van der Waals surface area (Å²) in [6.45, 7) is 25.4. The molecule has 7 aliphatic rings. The number of fused-ring (bicyclic) bond motifs is 7. The molecule has 8 nitrogen and oxygen atoms in total. The molecule has 0 amide bonds. The molecule has 1 aromatic heterocycles. The lowest BCUT2D eigenvalue weighted by Gasteiger charge is -2.72. The second kappa shape index (κ2) is 15.6. The molecule has 10 atom stereocenters. The van der Waals surface area contributed by atoms with Crippen molar-refractivity contribution in [1.29, 1.82) is 0 Å². The number of nitrogens with zero attached hydrogens (tertiary/aromatic N) is 3. The van der Waals surface area contributed by atoms with Crippen LogP contribution in [0.15, 0.2) is 47.7 Å². The van der Waals surface area contributed by atoms with Gasteiger partial charge in [0.05, 0.1) is 19.1 Å². The first-order valence-electron chi connectivity index (χ1n) is 23.4. The average molecular weight is 797 g/mol. The van der Waals surface area contributed by atoms with Crippen molar-refractivity contribution in [3.63, 3.8) is 0 Å². The first-order valence-corrected chi connectivity index (χ1v) is 23.4. The Morgan fingerprint density at radius 2 is 1.74 bits per heavy atom. The fourth-order valence-corrected chi connectivity index (χ4v) is 15.8. The van der Waals surface area contributed by atoms with E-state index in [0.29, 0.717) is 59.6 Å². The summed E-state index contributed by atoms with van der Waals surface area (Å²) in [5.74, 6) is 3.08. The van der Waals surface area contributed by atoms with Crippen LogP contribution in [0, 0.1) is 56.7 Å². The van der Waals surface area contributed by atoms with Gasteiger partial charge in [-0.05, 0) is 179 Å². The average Bonchev–Trinajstić information content (AvgIpc) is 3.59. The topological polar surface area (TPSA) is 96.8 Å². The van der Waals surface area contributed by atoms with Gasteiger partial charge in [0.15, 0.2) is 0 Å². The number of hydrogen-bond acceptors (Lipinski definition) is 7. The quantitative estimate of drug-likeness (QED) is 0.202. The molecule has 1 aromatic rings. The van der Waals surface area contributed by atoms with Crippen LogP contribution in [0.4, 0.5) is 0 Å². The predicted molar refractivity (Wildman–Crippen MR) is 232 cm³/mol. The van der Waals surface area contributed by atoms with Gasteiger partial charge in [0.2, 0.25) is 5.88 Å². The lowest BCUT2D eigenvalue weighted by Crippen LogP contribution is -2.68. The highest BCUT2D eigenvalue weighted by Crippen LogP contribution is 2.76. The molecule has 8 heteroatoms. The summed E-state index contributed by atoms with van der Waals surface area (Å²) in [7, 11) is 1.56. The van der Waals surface area contributed by atoms with Gasteiger partial charge in [-0.3, -0.25) is 4.79 Å². The Labute approximate surface area is 350 Å². The lowest BCUT2D eigenvalue weighted by atomic mass is 9.33. The van der Waals surface area contributed by atoms with E-state index in [1.807, 2.05) is 0 Å². The van der Waals surface area contributed by atoms with Crippen LogP contribution >= 0.6 is 0 Å². The summed E-state index contributed by atoms with van der Waals surface area (Å²) in [5.41, 5.74) is 4.64. The van der Waals surface area contributed by atoms with E-state index in [9.17, 15) is 9.90 Å². The van der Waals surface area contributed by atoms with Crippen LogP contribution in [-0.2, 0) is 4.79 Å². The van der Waals surface area contributed by atoms with Crippen LogP contribution in [0.2, 0.25) is 0 Å². The highest BCUT2D eigenvalue weighted by molar-refractivity contribution is 5.75. The minimum atomic E-state index is -0.847. The maximum absolute atomic E-state index is 12.8. The number of aromatic nitrogens is 2. The molecule has 320 valence electrons. The molecule has 4 saturated carbocycles. The van der Waals surface area contributed by atoms with E-state index in [2.05, 4.69) is 80.5 Å². The maximum atomic E-state index is 12.8. The number of aliphatic carboxylic acids is 1. The number of likely N-dealkylation sites (tertiary alicyclic amines) is 1. The molecule has 2 N–H and O–H groups in total. The smallest absolute Gasteiger partial charge is 0.319 e. The van der Waals surface area contributed by atoms with Crippen molar-refractivity contribution in [2.75, 3.05) is 39.9 Å². The van der Waals surface area contributed by atoms with Gasteiger partial charge < -0.3 is 24.8 Å². The van der Waals surface area contributed by atoms with Gasteiger partial charge in [0.25, 0.3) is 0 Å². The number of piperidine rings is 1. The van der Waals surface area contributed by atoms with E-state index in [4.69, 9.17) is 9.47 Å². The molecule has 5 fully saturated rings. The third-order valence-electron chi connectivity index (χ3n) is 19.0. The fourth-order valence-electron chi connectivity index (χ4n) is 15.8. The highest BCUT2D eigenvalue weighted by Gasteiger charge is 2.70. The van der Waals surface area contributed by atoms with Crippen LogP contribution in [-0.4, -0.2) is 71.4 Å². The van der Waals surface area contributed by atoms with Gasteiger partial charge in [-0.1, -0.05) is 65.3 Å². The number of nitrogens with one attached hydrogen (secondary N) is 1. The van der Waals surface area contributed by atoms with Gasteiger partial charge in [-0.15, -0.1) is 0 Å². The van der Waals surface area contributed by atoms with Crippen molar-refractivity contribution in [2.45, 2.75) is 150 Å². The van der Waals surface area contributed by atoms with Crippen LogP contribution in [0.1, 0.15) is 144 Å². The Hall–Kier alpha value is -2.71.